The fourth-order valence-electron chi connectivity index (χ4n) is 1.55. The van der Waals surface area contributed by atoms with Gasteiger partial charge in [0.25, 0.3) is 0 Å². The molecule has 20 heavy (non-hydrogen) atoms. The fraction of sp³-hybridized carbons (Fsp3) is 0.182. The number of rotatable bonds is 1. The van der Waals surface area contributed by atoms with Crippen molar-refractivity contribution < 1.29 is 26.3 Å². The number of nitrogen functional groups attached to an aromatic ring is 1. The Balaban J connectivity index is 2.63. The van der Waals surface area contributed by atoms with Crippen molar-refractivity contribution >= 4 is 5.82 Å². The highest BCUT2D eigenvalue weighted by Gasteiger charge is 2.37. The van der Waals surface area contributed by atoms with E-state index in [-0.39, 0.29) is 17.6 Å². The quantitative estimate of drug-likeness (QED) is 0.818. The lowest BCUT2D eigenvalue weighted by atomic mass is 10.1. The Morgan fingerprint density at radius 3 is 1.75 bits per heavy atom. The van der Waals surface area contributed by atoms with Gasteiger partial charge in [-0.25, -0.2) is 4.68 Å². The van der Waals surface area contributed by atoms with Crippen molar-refractivity contribution in [3.63, 3.8) is 0 Å². The summed E-state index contributed by atoms with van der Waals surface area (Å²) in [6.45, 7) is 0. The summed E-state index contributed by atoms with van der Waals surface area (Å²) in [7, 11) is 0. The van der Waals surface area contributed by atoms with Crippen LogP contribution in [-0.2, 0) is 12.4 Å². The summed E-state index contributed by atoms with van der Waals surface area (Å²) in [4.78, 5) is 0. The lowest BCUT2D eigenvalue weighted by Gasteiger charge is -2.14. The Labute approximate surface area is 108 Å². The van der Waals surface area contributed by atoms with Crippen LogP contribution in [0, 0.1) is 0 Å². The molecule has 0 atom stereocenters. The highest BCUT2D eigenvalue weighted by atomic mass is 19.4. The summed E-state index contributed by atoms with van der Waals surface area (Å²) in [5, 5.41) is 3.59. The third kappa shape index (κ3) is 2.86. The highest BCUT2D eigenvalue weighted by Crippen LogP contribution is 2.37. The number of halogens is 6. The Kier molecular flexibility index (Phi) is 3.15. The van der Waals surface area contributed by atoms with Gasteiger partial charge in [0.15, 0.2) is 0 Å². The maximum absolute atomic E-state index is 12.6. The minimum atomic E-state index is -4.89. The molecular weight excluding hydrogens is 288 g/mol. The number of benzene rings is 1. The molecular formula is C11H7F6N3. The zero-order valence-corrected chi connectivity index (χ0v) is 9.63. The number of alkyl halides is 6. The first-order chi connectivity index (χ1) is 9.07. The van der Waals surface area contributed by atoms with Gasteiger partial charge in [0, 0.05) is 12.3 Å². The van der Waals surface area contributed by atoms with Crippen molar-refractivity contribution in [1.82, 2.24) is 9.78 Å². The predicted molar refractivity (Wildman–Crippen MR) is 58.0 cm³/mol. The van der Waals surface area contributed by atoms with Gasteiger partial charge in [0.1, 0.15) is 5.82 Å². The van der Waals surface area contributed by atoms with Crippen molar-refractivity contribution in [2.45, 2.75) is 12.4 Å². The van der Waals surface area contributed by atoms with Gasteiger partial charge in [0.05, 0.1) is 16.8 Å². The minimum absolute atomic E-state index is 0.0176. The monoisotopic (exact) mass is 295 g/mol. The largest absolute Gasteiger partial charge is 0.416 e. The van der Waals surface area contributed by atoms with Crippen molar-refractivity contribution in [3.8, 4) is 5.69 Å². The Morgan fingerprint density at radius 2 is 1.40 bits per heavy atom. The van der Waals surface area contributed by atoms with E-state index in [1.165, 1.54) is 12.3 Å². The lowest BCUT2D eigenvalue weighted by Crippen LogP contribution is -2.12. The molecule has 0 aliphatic heterocycles. The van der Waals surface area contributed by atoms with Gasteiger partial charge >= 0.3 is 12.4 Å². The molecule has 0 unspecified atom stereocenters. The van der Waals surface area contributed by atoms with Gasteiger partial charge in [-0.15, -0.1) is 0 Å². The molecule has 0 bridgehead atoms. The van der Waals surface area contributed by atoms with Crippen molar-refractivity contribution in [2.24, 2.45) is 0 Å². The molecule has 1 aromatic heterocycles. The lowest BCUT2D eigenvalue weighted by molar-refractivity contribution is -0.143. The zero-order chi connectivity index (χ0) is 15.1. The van der Waals surface area contributed by atoms with Crippen LogP contribution in [0.3, 0.4) is 0 Å². The SMILES string of the molecule is Nc1ccn(-c2cc(C(F)(F)F)cc(C(F)(F)F)c2)n1. The smallest absolute Gasteiger partial charge is 0.382 e. The van der Waals surface area contributed by atoms with Crippen LogP contribution in [0.1, 0.15) is 11.1 Å². The van der Waals surface area contributed by atoms with E-state index >= 15 is 0 Å². The number of nitrogens with zero attached hydrogens (tertiary/aromatic N) is 2. The maximum Gasteiger partial charge on any atom is 0.416 e. The second-order valence-corrected chi connectivity index (χ2v) is 3.95. The van der Waals surface area contributed by atoms with Gasteiger partial charge in [-0.05, 0) is 18.2 Å². The molecule has 3 nitrogen and oxygen atoms in total. The van der Waals surface area contributed by atoms with E-state index in [0.717, 1.165) is 4.68 Å². The molecule has 108 valence electrons. The third-order valence-electron chi connectivity index (χ3n) is 2.45. The molecule has 9 heteroatoms. The second-order valence-electron chi connectivity index (χ2n) is 3.95. The average Bonchev–Trinajstić information content (AvgIpc) is 2.73. The number of hydrogen-bond acceptors (Lipinski definition) is 2. The van der Waals surface area contributed by atoms with E-state index in [0.29, 0.717) is 12.1 Å². The number of aromatic nitrogens is 2. The summed E-state index contributed by atoms with van der Waals surface area (Å²) in [6, 6.07) is 2.45. The molecule has 0 radical (unpaired) electrons. The van der Waals surface area contributed by atoms with Gasteiger partial charge in [0.2, 0.25) is 0 Å². The van der Waals surface area contributed by atoms with E-state index in [9.17, 15) is 26.3 Å². The molecule has 2 aromatic rings. The second kappa shape index (κ2) is 4.43. The van der Waals surface area contributed by atoms with Crippen LogP contribution in [0.15, 0.2) is 30.5 Å². The maximum atomic E-state index is 12.6. The van der Waals surface area contributed by atoms with E-state index in [1.807, 2.05) is 0 Å². The van der Waals surface area contributed by atoms with Crippen LogP contribution in [0.25, 0.3) is 5.69 Å². The highest BCUT2D eigenvalue weighted by molar-refractivity contribution is 5.43. The van der Waals surface area contributed by atoms with Crippen LogP contribution in [0.4, 0.5) is 32.2 Å². The van der Waals surface area contributed by atoms with Crippen LogP contribution in [-0.4, -0.2) is 9.78 Å². The molecule has 2 rings (SSSR count). The van der Waals surface area contributed by atoms with Gasteiger partial charge in [-0.1, -0.05) is 0 Å². The molecule has 1 heterocycles. The topological polar surface area (TPSA) is 43.8 Å². The number of anilines is 1. The molecule has 0 saturated heterocycles. The van der Waals surface area contributed by atoms with Gasteiger partial charge < -0.3 is 5.73 Å². The normalized spacial score (nSPS) is 12.7. The summed E-state index contributed by atoms with van der Waals surface area (Å²) >= 11 is 0. The van der Waals surface area contributed by atoms with Crippen molar-refractivity contribution in [2.75, 3.05) is 5.73 Å². The molecule has 0 fully saturated rings. The first-order valence-corrected chi connectivity index (χ1v) is 5.18. The Morgan fingerprint density at radius 1 is 0.900 bits per heavy atom. The first-order valence-electron chi connectivity index (χ1n) is 5.18. The zero-order valence-electron chi connectivity index (χ0n) is 9.63. The first kappa shape index (κ1) is 14.2. The summed E-state index contributed by atoms with van der Waals surface area (Å²) in [5.41, 5.74) is 2.10. The molecule has 0 aliphatic carbocycles. The van der Waals surface area contributed by atoms with Crippen LogP contribution >= 0.6 is 0 Å². The number of hydrogen-bond donors (Lipinski definition) is 1. The summed E-state index contributed by atoms with van der Waals surface area (Å²) < 4.78 is 76.7. The molecule has 0 saturated carbocycles. The number of nitrogens with two attached hydrogens (primary N) is 1. The summed E-state index contributed by atoms with van der Waals surface area (Å²) in [6.07, 6.45) is -8.62. The molecule has 0 aliphatic rings. The Bertz CT molecular complexity index is 594. The minimum Gasteiger partial charge on any atom is -0.382 e. The Hall–Kier alpha value is -2.19. The molecule has 0 amide bonds. The van der Waals surface area contributed by atoms with E-state index in [4.69, 9.17) is 5.73 Å². The van der Waals surface area contributed by atoms with Gasteiger partial charge in [-0.2, -0.15) is 31.4 Å². The standard InChI is InChI=1S/C11H7F6N3/c12-10(13,14)6-3-7(11(15,16)17)5-8(4-6)20-2-1-9(18)19-20/h1-5H,(H2,18,19). The third-order valence-corrected chi connectivity index (χ3v) is 2.45. The van der Waals surface area contributed by atoms with Crippen LogP contribution in [0.2, 0.25) is 0 Å². The van der Waals surface area contributed by atoms with E-state index < -0.39 is 23.5 Å². The van der Waals surface area contributed by atoms with Crippen molar-refractivity contribution in [3.05, 3.63) is 41.6 Å². The fourth-order valence-corrected chi connectivity index (χ4v) is 1.55. The molecule has 1 aromatic carbocycles. The van der Waals surface area contributed by atoms with Crippen molar-refractivity contribution in [1.29, 1.82) is 0 Å². The van der Waals surface area contributed by atoms with E-state index in [1.54, 1.807) is 0 Å². The van der Waals surface area contributed by atoms with Crippen LogP contribution in [0.5, 0.6) is 0 Å². The molecule has 0 spiro atoms. The average molecular weight is 295 g/mol. The predicted octanol–water partition coefficient (Wildman–Crippen LogP) is 3.49. The van der Waals surface area contributed by atoms with E-state index in [2.05, 4.69) is 5.10 Å². The molecule has 2 N–H and O–H groups in total. The van der Waals surface area contributed by atoms with Crippen LogP contribution < -0.4 is 5.73 Å². The van der Waals surface area contributed by atoms with Gasteiger partial charge in [-0.3, -0.25) is 0 Å². The summed E-state index contributed by atoms with van der Waals surface area (Å²) in [5.74, 6) is -0.0176.